The molecule has 0 aromatic carbocycles. The van der Waals surface area contributed by atoms with Crippen LogP contribution in [-0.2, 0) is 4.79 Å². The Morgan fingerprint density at radius 2 is 2.06 bits per heavy atom. The van der Waals surface area contributed by atoms with Gasteiger partial charge in [-0.15, -0.1) is 0 Å². The van der Waals surface area contributed by atoms with Crippen molar-refractivity contribution in [3.63, 3.8) is 0 Å². The summed E-state index contributed by atoms with van der Waals surface area (Å²) in [6, 6.07) is 0.562. The van der Waals surface area contributed by atoms with Gasteiger partial charge in [-0.2, -0.15) is 11.8 Å². The van der Waals surface area contributed by atoms with Gasteiger partial charge >= 0.3 is 0 Å². The monoisotopic (exact) mass is 256 g/mol. The molecular weight excluding hydrogens is 232 g/mol. The first kappa shape index (κ1) is 13.2. The molecular formula is C13H24N2OS. The topological polar surface area (TPSA) is 32.3 Å². The van der Waals surface area contributed by atoms with Gasteiger partial charge in [-0.1, -0.05) is 13.3 Å². The van der Waals surface area contributed by atoms with Crippen LogP contribution in [0, 0.1) is 0 Å². The lowest BCUT2D eigenvalue weighted by Crippen LogP contribution is -2.42. The Bertz CT molecular complexity index is 254. The van der Waals surface area contributed by atoms with Crippen LogP contribution in [0.2, 0.25) is 0 Å². The Balaban J connectivity index is 1.71. The van der Waals surface area contributed by atoms with Crippen molar-refractivity contribution < 1.29 is 4.79 Å². The van der Waals surface area contributed by atoms with E-state index in [1.54, 1.807) is 0 Å². The van der Waals surface area contributed by atoms with Gasteiger partial charge in [-0.25, -0.2) is 0 Å². The normalized spacial score (nSPS) is 28.9. The minimum absolute atomic E-state index is 0.301. The second-order valence-corrected chi connectivity index (χ2v) is 6.52. The molecule has 1 saturated heterocycles. The summed E-state index contributed by atoms with van der Waals surface area (Å²) >= 11 is 2.04. The fourth-order valence-corrected chi connectivity index (χ4v) is 4.10. The molecule has 1 aliphatic heterocycles. The number of rotatable bonds is 5. The first-order valence-electron chi connectivity index (χ1n) is 6.94. The molecule has 2 rings (SSSR count). The van der Waals surface area contributed by atoms with Crippen molar-refractivity contribution in [2.24, 2.45) is 0 Å². The molecule has 2 atom stereocenters. The molecule has 1 saturated carbocycles. The highest BCUT2D eigenvalue weighted by Crippen LogP contribution is 2.29. The molecule has 2 unspecified atom stereocenters. The number of carbonyl (C=O) groups is 1. The van der Waals surface area contributed by atoms with Crippen LogP contribution in [-0.4, -0.2) is 47.5 Å². The molecule has 0 bridgehead atoms. The van der Waals surface area contributed by atoms with Gasteiger partial charge in [0.05, 0.1) is 6.54 Å². The number of carbonyl (C=O) groups excluding carboxylic acids is 1. The minimum Gasteiger partial charge on any atom is -0.342 e. The maximum atomic E-state index is 11.9. The van der Waals surface area contributed by atoms with Crippen LogP contribution < -0.4 is 5.32 Å². The van der Waals surface area contributed by atoms with Crippen molar-refractivity contribution in [3.05, 3.63) is 0 Å². The van der Waals surface area contributed by atoms with E-state index in [0.717, 1.165) is 18.3 Å². The predicted octanol–water partition coefficient (Wildman–Crippen LogP) is 1.87. The van der Waals surface area contributed by atoms with E-state index in [0.29, 0.717) is 18.5 Å². The molecule has 0 aromatic heterocycles. The van der Waals surface area contributed by atoms with Crippen LogP contribution in [0.3, 0.4) is 0 Å². The van der Waals surface area contributed by atoms with Gasteiger partial charge in [-0.05, 0) is 31.4 Å². The first-order chi connectivity index (χ1) is 8.31. The number of nitrogens with zero attached hydrogens (tertiary/aromatic N) is 1. The molecule has 1 aliphatic carbocycles. The van der Waals surface area contributed by atoms with E-state index in [1.165, 1.54) is 37.9 Å². The minimum atomic E-state index is 0.301. The Labute approximate surface area is 109 Å². The molecule has 98 valence electrons. The van der Waals surface area contributed by atoms with E-state index in [4.69, 9.17) is 0 Å². The number of amides is 1. The highest BCUT2D eigenvalue weighted by molar-refractivity contribution is 7.99. The van der Waals surface area contributed by atoms with Crippen LogP contribution in [0.4, 0.5) is 0 Å². The van der Waals surface area contributed by atoms with Gasteiger partial charge < -0.3 is 10.2 Å². The van der Waals surface area contributed by atoms with Gasteiger partial charge in [0.15, 0.2) is 0 Å². The number of nitrogens with one attached hydrogen (secondary N) is 1. The van der Waals surface area contributed by atoms with E-state index in [1.807, 2.05) is 16.7 Å². The van der Waals surface area contributed by atoms with E-state index >= 15 is 0 Å². The van der Waals surface area contributed by atoms with E-state index in [9.17, 15) is 4.79 Å². The molecule has 17 heavy (non-hydrogen) atoms. The molecule has 3 nitrogen and oxygen atoms in total. The number of likely N-dealkylation sites (tertiary alicyclic amines) is 1. The molecule has 0 spiro atoms. The zero-order valence-electron chi connectivity index (χ0n) is 10.8. The summed E-state index contributed by atoms with van der Waals surface area (Å²) in [6.07, 6.45) is 6.24. The van der Waals surface area contributed by atoms with Crippen molar-refractivity contribution in [1.82, 2.24) is 10.2 Å². The van der Waals surface area contributed by atoms with Crippen molar-refractivity contribution in [3.8, 4) is 0 Å². The van der Waals surface area contributed by atoms with E-state index < -0.39 is 0 Å². The largest absolute Gasteiger partial charge is 0.342 e. The highest BCUT2D eigenvalue weighted by Gasteiger charge is 2.28. The lowest BCUT2D eigenvalue weighted by Gasteiger charge is -2.22. The third kappa shape index (κ3) is 3.62. The van der Waals surface area contributed by atoms with Gasteiger partial charge in [0.2, 0.25) is 5.91 Å². The van der Waals surface area contributed by atoms with Crippen molar-refractivity contribution in [2.45, 2.75) is 50.3 Å². The summed E-state index contributed by atoms with van der Waals surface area (Å²) in [4.78, 5) is 13.9. The summed E-state index contributed by atoms with van der Waals surface area (Å²) in [6.45, 7) is 4.71. The van der Waals surface area contributed by atoms with E-state index in [2.05, 4.69) is 12.2 Å². The lowest BCUT2D eigenvalue weighted by molar-refractivity contribution is -0.129. The highest BCUT2D eigenvalue weighted by atomic mass is 32.2. The fraction of sp³-hybridized carbons (Fsp3) is 0.923. The molecule has 1 N–H and O–H groups in total. The average molecular weight is 256 g/mol. The summed E-state index contributed by atoms with van der Waals surface area (Å²) in [5, 5.41) is 4.21. The van der Waals surface area contributed by atoms with Crippen molar-refractivity contribution in [2.75, 3.05) is 25.4 Å². The molecule has 0 aromatic rings. The molecule has 4 heteroatoms. The van der Waals surface area contributed by atoms with Crippen LogP contribution in [0.5, 0.6) is 0 Å². The molecule has 2 fully saturated rings. The third-order valence-corrected chi connectivity index (χ3v) is 5.13. The number of thioether (sulfide) groups is 1. The molecule has 0 radical (unpaired) electrons. The predicted molar refractivity (Wildman–Crippen MR) is 73.4 cm³/mol. The smallest absolute Gasteiger partial charge is 0.236 e. The number of hydrogen-bond acceptors (Lipinski definition) is 3. The summed E-state index contributed by atoms with van der Waals surface area (Å²) in [7, 11) is 0. The fourth-order valence-electron chi connectivity index (χ4n) is 2.87. The zero-order chi connectivity index (χ0) is 12.1. The zero-order valence-corrected chi connectivity index (χ0v) is 11.6. The summed E-state index contributed by atoms with van der Waals surface area (Å²) < 4.78 is 0. The van der Waals surface area contributed by atoms with Gasteiger partial charge in [0.1, 0.15) is 0 Å². The standard InChI is InChI=1S/C13H24N2OS/c1-2-17-12-7-5-6-11(12)14-10-13(16)15-8-3-4-9-15/h11-12,14H,2-10H2,1H3. The van der Waals surface area contributed by atoms with Crippen LogP contribution in [0.15, 0.2) is 0 Å². The maximum Gasteiger partial charge on any atom is 0.236 e. The number of hydrogen-bond donors (Lipinski definition) is 1. The first-order valence-corrected chi connectivity index (χ1v) is 7.99. The second kappa shape index (κ2) is 6.64. The Morgan fingerprint density at radius 3 is 2.76 bits per heavy atom. The average Bonchev–Trinajstić information content (AvgIpc) is 2.97. The molecule has 1 heterocycles. The second-order valence-electron chi connectivity index (χ2n) is 5.00. The van der Waals surface area contributed by atoms with Crippen LogP contribution in [0.25, 0.3) is 0 Å². The molecule has 1 amide bonds. The van der Waals surface area contributed by atoms with E-state index in [-0.39, 0.29) is 0 Å². The summed E-state index contributed by atoms with van der Waals surface area (Å²) in [5.74, 6) is 1.48. The third-order valence-electron chi connectivity index (χ3n) is 3.81. The van der Waals surface area contributed by atoms with Crippen molar-refractivity contribution >= 4 is 17.7 Å². The van der Waals surface area contributed by atoms with Gasteiger partial charge in [-0.3, -0.25) is 4.79 Å². The SMILES string of the molecule is CCSC1CCCC1NCC(=O)N1CCCC1. The molecule has 2 aliphatic rings. The van der Waals surface area contributed by atoms with Crippen LogP contribution >= 0.6 is 11.8 Å². The van der Waals surface area contributed by atoms with Gasteiger partial charge in [0, 0.05) is 24.4 Å². The Morgan fingerprint density at radius 1 is 1.29 bits per heavy atom. The maximum absolute atomic E-state index is 11.9. The van der Waals surface area contributed by atoms with Crippen LogP contribution in [0.1, 0.15) is 39.0 Å². The Hall–Kier alpha value is -0.220. The van der Waals surface area contributed by atoms with Crippen molar-refractivity contribution in [1.29, 1.82) is 0 Å². The van der Waals surface area contributed by atoms with Gasteiger partial charge in [0.25, 0.3) is 0 Å². The lowest BCUT2D eigenvalue weighted by atomic mass is 10.2. The summed E-state index contributed by atoms with van der Waals surface area (Å²) in [5.41, 5.74) is 0. The Kier molecular flexibility index (Phi) is 5.16. The quantitative estimate of drug-likeness (QED) is 0.815.